The van der Waals surface area contributed by atoms with Crippen LogP contribution in [0, 0.1) is 0 Å². The monoisotopic (exact) mass is 266 g/mol. The molecule has 0 saturated heterocycles. The molecule has 0 fully saturated rings. The topological polar surface area (TPSA) is 77.0 Å². The second-order valence-corrected chi connectivity index (χ2v) is 4.26. The Morgan fingerprint density at radius 2 is 2.21 bits per heavy atom. The minimum absolute atomic E-state index is 0.0762. The standard InChI is InChI=1S/C13H22N4O2/c1-2-3-12-10-15-7-9-17(11-13(18)19)8-6-14-4-5-16-12/h2-3,5,14-15H,1,4,6-11H2,(H,18,19)/b12-3-,16-5+. The van der Waals surface area contributed by atoms with Crippen LogP contribution in [0.2, 0.25) is 0 Å². The van der Waals surface area contributed by atoms with Crippen LogP contribution in [0.1, 0.15) is 0 Å². The highest BCUT2D eigenvalue weighted by atomic mass is 16.4. The number of allylic oxidation sites excluding steroid dienone is 2. The van der Waals surface area contributed by atoms with Gasteiger partial charge in [-0.2, -0.15) is 0 Å². The number of hydrogen-bond donors (Lipinski definition) is 3. The van der Waals surface area contributed by atoms with E-state index in [1.807, 2.05) is 17.2 Å². The summed E-state index contributed by atoms with van der Waals surface area (Å²) < 4.78 is 0. The largest absolute Gasteiger partial charge is 0.480 e. The first-order chi connectivity index (χ1) is 9.22. The molecule has 0 unspecified atom stereocenters. The Kier molecular flexibility index (Phi) is 7.72. The van der Waals surface area contributed by atoms with E-state index in [1.54, 1.807) is 6.08 Å². The lowest BCUT2D eigenvalue weighted by molar-refractivity contribution is -0.138. The highest BCUT2D eigenvalue weighted by Gasteiger charge is 2.09. The van der Waals surface area contributed by atoms with Gasteiger partial charge in [0.1, 0.15) is 0 Å². The number of nitrogens with zero attached hydrogens (tertiary/aromatic N) is 2. The number of carbonyl (C=O) groups is 1. The molecule has 106 valence electrons. The predicted octanol–water partition coefficient (Wildman–Crippen LogP) is -0.293. The molecule has 0 aromatic carbocycles. The zero-order valence-electron chi connectivity index (χ0n) is 11.1. The fourth-order valence-corrected chi connectivity index (χ4v) is 1.77. The number of rotatable bonds is 3. The zero-order valence-corrected chi connectivity index (χ0v) is 11.1. The molecule has 0 radical (unpaired) electrons. The normalized spacial score (nSPS) is 23.3. The molecule has 1 aliphatic heterocycles. The Morgan fingerprint density at radius 3 is 2.89 bits per heavy atom. The molecular formula is C13H22N4O2. The Hall–Kier alpha value is -1.50. The first-order valence-electron chi connectivity index (χ1n) is 6.42. The van der Waals surface area contributed by atoms with E-state index in [1.165, 1.54) is 0 Å². The number of carboxylic acids is 1. The summed E-state index contributed by atoms with van der Waals surface area (Å²) >= 11 is 0. The van der Waals surface area contributed by atoms with Gasteiger partial charge < -0.3 is 15.7 Å². The van der Waals surface area contributed by atoms with Gasteiger partial charge in [0.15, 0.2) is 0 Å². The van der Waals surface area contributed by atoms with E-state index in [4.69, 9.17) is 5.11 Å². The third kappa shape index (κ3) is 7.50. The van der Waals surface area contributed by atoms with Gasteiger partial charge in [0.25, 0.3) is 0 Å². The molecule has 19 heavy (non-hydrogen) atoms. The lowest BCUT2D eigenvalue weighted by atomic mass is 10.3. The van der Waals surface area contributed by atoms with E-state index < -0.39 is 5.97 Å². The molecular weight excluding hydrogens is 244 g/mol. The third-order valence-electron chi connectivity index (χ3n) is 2.68. The first-order valence-corrected chi connectivity index (χ1v) is 6.42. The average Bonchev–Trinajstić information content (AvgIpc) is 2.35. The van der Waals surface area contributed by atoms with Crippen molar-refractivity contribution in [2.75, 3.05) is 45.8 Å². The molecule has 1 rings (SSSR count). The van der Waals surface area contributed by atoms with Gasteiger partial charge in [-0.1, -0.05) is 12.7 Å². The van der Waals surface area contributed by atoms with E-state index in [2.05, 4.69) is 22.2 Å². The highest BCUT2D eigenvalue weighted by molar-refractivity contribution is 5.69. The van der Waals surface area contributed by atoms with Gasteiger partial charge in [0.2, 0.25) is 0 Å². The Balaban J connectivity index is 2.53. The van der Waals surface area contributed by atoms with Crippen LogP contribution >= 0.6 is 0 Å². The second kappa shape index (κ2) is 9.43. The molecule has 6 nitrogen and oxygen atoms in total. The van der Waals surface area contributed by atoms with Crippen LogP contribution in [0.3, 0.4) is 0 Å². The molecule has 0 bridgehead atoms. The molecule has 1 aliphatic rings. The summed E-state index contributed by atoms with van der Waals surface area (Å²) in [6.45, 7) is 7.98. The van der Waals surface area contributed by atoms with Crippen molar-refractivity contribution in [2.45, 2.75) is 0 Å². The molecule has 3 N–H and O–H groups in total. The van der Waals surface area contributed by atoms with Gasteiger partial charge in [-0.25, -0.2) is 0 Å². The van der Waals surface area contributed by atoms with Crippen molar-refractivity contribution in [1.82, 2.24) is 15.5 Å². The van der Waals surface area contributed by atoms with Crippen molar-refractivity contribution in [1.29, 1.82) is 0 Å². The molecule has 0 atom stereocenters. The number of nitrogens with one attached hydrogen (secondary N) is 2. The second-order valence-electron chi connectivity index (χ2n) is 4.26. The Bertz CT molecular complexity index is 353. The van der Waals surface area contributed by atoms with E-state index in [-0.39, 0.29) is 6.54 Å². The number of carboxylic acid groups (broad SMARTS) is 1. The van der Waals surface area contributed by atoms with Crippen LogP contribution in [-0.2, 0) is 4.79 Å². The maximum absolute atomic E-state index is 10.8. The highest BCUT2D eigenvalue weighted by Crippen LogP contribution is 1.95. The van der Waals surface area contributed by atoms with Crippen LogP contribution in [0.15, 0.2) is 29.4 Å². The van der Waals surface area contributed by atoms with Crippen LogP contribution in [0.25, 0.3) is 0 Å². The van der Waals surface area contributed by atoms with Crippen LogP contribution in [0.4, 0.5) is 0 Å². The van der Waals surface area contributed by atoms with Crippen LogP contribution in [-0.4, -0.2) is 68.0 Å². The van der Waals surface area contributed by atoms with Crippen molar-refractivity contribution < 1.29 is 9.90 Å². The minimum atomic E-state index is -0.791. The molecule has 0 saturated carbocycles. The molecule has 0 amide bonds. The van der Waals surface area contributed by atoms with E-state index in [9.17, 15) is 4.79 Å². The number of aliphatic carboxylic acids is 1. The number of aliphatic imine (C=N–C) groups is 1. The predicted molar refractivity (Wildman–Crippen MR) is 76.6 cm³/mol. The maximum atomic E-state index is 10.8. The zero-order chi connectivity index (χ0) is 13.9. The maximum Gasteiger partial charge on any atom is 0.317 e. The summed E-state index contributed by atoms with van der Waals surface area (Å²) in [7, 11) is 0. The summed E-state index contributed by atoms with van der Waals surface area (Å²) in [6.07, 6.45) is 5.40. The summed E-state index contributed by atoms with van der Waals surface area (Å²) in [6, 6.07) is 0. The lowest BCUT2D eigenvalue weighted by Gasteiger charge is -2.21. The van der Waals surface area contributed by atoms with Gasteiger partial charge in [0, 0.05) is 45.5 Å². The summed E-state index contributed by atoms with van der Waals surface area (Å²) in [4.78, 5) is 17.0. The molecule has 0 aromatic heterocycles. The lowest BCUT2D eigenvalue weighted by Crippen LogP contribution is -2.40. The minimum Gasteiger partial charge on any atom is -0.480 e. The SMILES string of the molecule is C=C/C=C1CNCCN(CC(=O)O)CCNC/C=N/1. The Morgan fingerprint density at radius 1 is 1.47 bits per heavy atom. The third-order valence-corrected chi connectivity index (χ3v) is 2.68. The molecule has 6 heteroatoms. The van der Waals surface area contributed by atoms with E-state index >= 15 is 0 Å². The van der Waals surface area contributed by atoms with Gasteiger partial charge in [-0.3, -0.25) is 14.7 Å². The summed E-state index contributed by atoms with van der Waals surface area (Å²) in [5.41, 5.74) is 0.919. The van der Waals surface area contributed by atoms with Crippen molar-refractivity contribution in [3.63, 3.8) is 0 Å². The molecule has 0 aromatic rings. The molecule has 1 heterocycles. The van der Waals surface area contributed by atoms with Crippen LogP contribution < -0.4 is 10.6 Å². The average molecular weight is 266 g/mol. The van der Waals surface area contributed by atoms with Crippen molar-refractivity contribution in [3.05, 3.63) is 24.4 Å². The molecule has 0 spiro atoms. The van der Waals surface area contributed by atoms with Crippen molar-refractivity contribution in [2.24, 2.45) is 4.99 Å². The smallest absolute Gasteiger partial charge is 0.317 e. The van der Waals surface area contributed by atoms with E-state index in [0.29, 0.717) is 19.6 Å². The van der Waals surface area contributed by atoms with Gasteiger partial charge >= 0.3 is 5.97 Å². The van der Waals surface area contributed by atoms with Gasteiger partial charge in [0.05, 0.1) is 12.2 Å². The fourth-order valence-electron chi connectivity index (χ4n) is 1.77. The Labute approximate surface area is 113 Å². The first kappa shape index (κ1) is 15.6. The van der Waals surface area contributed by atoms with Gasteiger partial charge in [-0.15, -0.1) is 0 Å². The fraction of sp³-hybridized carbons (Fsp3) is 0.538. The van der Waals surface area contributed by atoms with E-state index in [0.717, 1.165) is 25.3 Å². The quantitative estimate of drug-likeness (QED) is 0.654. The van der Waals surface area contributed by atoms with Gasteiger partial charge in [-0.05, 0) is 6.08 Å². The van der Waals surface area contributed by atoms with Crippen molar-refractivity contribution in [3.8, 4) is 0 Å². The van der Waals surface area contributed by atoms with Crippen molar-refractivity contribution >= 4 is 12.2 Å². The number of hydrogen-bond acceptors (Lipinski definition) is 5. The molecule has 0 aliphatic carbocycles. The van der Waals surface area contributed by atoms with Crippen LogP contribution in [0.5, 0.6) is 0 Å². The summed E-state index contributed by atoms with van der Waals surface area (Å²) in [5.74, 6) is -0.791. The summed E-state index contributed by atoms with van der Waals surface area (Å²) in [5, 5.41) is 15.3.